The van der Waals surface area contributed by atoms with Gasteiger partial charge in [-0.05, 0) is 18.6 Å². The quantitative estimate of drug-likeness (QED) is 0.599. The lowest BCUT2D eigenvalue weighted by Gasteiger charge is -2.09. The van der Waals surface area contributed by atoms with Gasteiger partial charge in [-0.25, -0.2) is 4.68 Å². The van der Waals surface area contributed by atoms with Gasteiger partial charge in [-0.15, -0.1) is 5.10 Å². The highest BCUT2D eigenvalue weighted by molar-refractivity contribution is 5.80. The van der Waals surface area contributed by atoms with Gasteiger partial charge in [-0.3, -0.25) is 9.59 Å². The molecule has 27 heavy (non-hydrogen) atoms. The molecule has 2 N–H and O–H groups in total. The number of aliphatic carboxylic acids is 1. The number of carbonyl (C=O) groups excluding carboxylic acids is 1. The van der Waals surface area contributed by atoms with Crippen LogP contribution in [0.2, 0.25) is 0 Å². The molecule has 2 aromatic carbocycles. The molecule has 0 saturated carbocycles. The van der Waals surface area contributed by atoms with E-state index < -0.39 is 5.97 Å². The topological polar surface area (TPSA) is 97.1 Å². The molecular weight excluding hydrogens is 344 g/mol. The SMILES string of the molecule is O=C(O)CCCNC(=O)Cc1nnn(-c2ccccc2)c1-c1ccccc1. The number of nitrogens with one attached hydrogen (secondary N) is 1. The molecule has 0 saturated heterocycles. The Kier molecular flexibility index (Phi) is 5.94. The highest BCUT2D eigenvalue weighted by Crippen LogP contribution is 2.25. The summed E-state index contributed by atoms with van der Waals surface area (Å²) in [6.07, 6.45) is 0.493. The third-order valence-electron chi connectivity index (χ3n) is 4.01. The van der Waals surface area contributed by atoms with E-state index in [2.05, 4.69) is 15.6 Å². The predicted molar refractivity (Wildman–Crippen MR) is 100 cm³/mol. The van der Waals surface area contributed by atoms with Gasteiger partial charge in [0.1, 0.15) is 5.69 Å². The van der Waals surface area contributed by atoms with E-state index in [0.717, 1.165) is 16.9 Å². The fourth-order valence-corrected chi connectivity index (χ4v) is 2.75. The molecule has 0 bridgehead atoms. The predicted octanol–water partition coefficient (Wildman–Crippen LogP) is 2.46. The average Bonchev–Trinajstić information content (AvgIpc) is 3.10. The van der Waals surface area contributed by atoms with Gasteiger partial charge in [0, 0.05) is 18.5 Å². The first-order valence-electron chi connectivity index (χ1n) is 8.69. The number of benzene rings is 2. The number of nitrogens with zero attached hydrogens (tertiary/aromatic N) is 3. The van der Waals surface area contributed by atoms with Crippen LogP contribution in [0.5, 0.6) is 0 Å². The van der Waals surface area contributed by atoms with Crippen LogP contribution in [0, 0.1) is 0 Å². The van der Waals surface area contributed by atoms with E-state index in [0.29, 0.717) is 18.7 Å². The normalized spacial score (nSPS) is 10.5. The Bertz CT molecular complexity index is 907. The van der Waals surface area contributed by atoms with Crippen molar-refractivity contribution in [3.05, 3.63) is 66.4 Å². The number of carboxylic acid groups (broad SMARTS) is 1. The average molecular weight is 364 g/mol. The Morgan fingerprint density at radius 1 is 1.00 bits per heavy atom. The standard InChI is InChI=1S/C20H20N4O3/c25-18(21-13-7-12-19(26)27)14-17-20(15-8-3-1-4-9-15)24(23-22-17)16-10-5-2-6-11-16/h1-6,8-11H,7,12-14H2,(H,21,25)(H,26,27). The monoisotopic (exact) mass is 364 g/mol. The van der Waals surface area contributed by atoms with Gasteiger partial charge < -0.3 is 10.4 Å². The van der Waals surface area contributed by atoms with Crippen LogP contribution in [0.1, 0.15) is 18.5 Å². The molecule has 0 aliphatic carbocycles. The fraction of sp³-hybridized carbons (Fsp3) is 0.200. The number of carbonyl (C=O) groups is 2. The van der Waals surface area contributed by atoms with Crippen molar-refractivity contribution in [1.82, 2.24) is 20.3 Å². The molecule has 3 aromatic rings. The Labute approximate surface area is 156 Å². The lowest BCUT2D eigenvalue weighted by Crippen LogP contribution is -2.26. The summed E-state index contributed by atoms with van der Waals surface area (Å²) in [6.45, 7) is 0.318. The molecule has 0 spiro atoms. The number of hydrogen-bond acceptors (Lipinski definition) is 4. The number of amides is 1. The van der Waals surface area contributed by atoms with E-state index in [4.69, 9.17) is 5.11 Å². The van der Waals surface area contributed by atoms with Crippen molar-refractivity contribution in [2.24, 2.45) is 0 Å². The molecule has 3 rings (SSSR count). The van der Waals surface area contributed by atoms with Crippen LogP contribution in [0.3, 0.4) is 0 Å². The van der Waals surface area contributed by atoms with E-state index in [9.17, 15) is 9.59 Å². The largest absolute Gasteiger partial charge is 0.481 e. The van der Waals surface area contributed by atoms with Gasteiger partial charge in [0.05, 0.1) is 17.8 Å². The first-order chi connectivity index (χ1) is 13.1. The molecule has 1 aromatic heterocycles. The van der Waals surface area contributed by atoms with Crippen LogP contribution in [0.25, 0.3) is 16.9 Å². The molecular formula is C20H20N4O3. The Hall–Kier alpha value is -3.48. The Morgan fingerprint density at radius 3 is 2.33 bits per heavy atom. The fourth-order valence-electron chi connectivity index (χ4n) is 2.75. The molecule has 0 aliphatic heterocycles. The maximum atomic E-state index is 12.3. The van der Waals surface area contributed by atoms with Crippen molar-refractivity contribution in [2.75, 3.05) is 6.54 Å². The second-order valence-electron chi connectivity index (χ2n) is 6.02. The third-order valence-corrected chi connectivity index (χ3v) is 4.01. The van der Waals surface area contributed by atoms with E-state index in [1.807, 2.05) is 60.7 Å². The van der Waals surface area contributed by atoms with Gasteiger partial charge >= 0.3 is 5.97 Å². The molecule has 0 aliphatic rings. The summed E-state index contributed by atoms with van der Waals surface area (Å²) in [5.74, 6) is -1.08. The maximum Gasteiger partial charge on any atom is 0.303 e. The molecule has 7 nitrogen and oxygen atoms in total. The van der Waals surface area contributed by atoms with Crippen LogP contribution in [0.15, 0.2) is 60.7 Å². The summed E-state index contributed by atoms with van der Waals surface area (Å²) in [4.78, 5) is 22.8. The van der Waals surface area contributed by atoms with Crippen LogP contribution in [-0.4, -0.2) is 38.5 Å². The van der Waals surface area contributed by atoms with Gasteiger partial charge in [-0.1, -0.05) is 53.7 Å². The smallest absolute Gasteiger partial charge is 0.303 e. The van der Waals surface area contributed by atoms with Gasteiger partial charge in [0.25, 0.3) is 0 Å². The second-order valence-corrected chi connectivity index (χ2v) is 6.02. The summed E-state index contributed by atoms with van der Waals surface area (Å²) in [7, 11) is 0. The second kappa shape index (κ2) is 8.75. The first kappa shape index (κ1) is 18.3. The molecule has 7 heteroatoms. The highest BCUT2D eigenvalue weighted by Gasteiger charge is 2.18. The van der Waals surface area contributed by atoms with Crippen molar-refractivity contribution in [3.8, 4) is 16.9 Å². The Morgan fingerprint density at radius 2 is 1.67 bits per heavy atom. The van der Waals surface area contributed by atoms with Crippen molar-refractivity contribution >= 4 is 11.9 Å². The van der Waals surface area contributed by atoms with Crippen LogP contribution in [0.4, 0.5) is 0 Å². The minimum Gasteiger partial charge on any atom is -0.481 e. The van der Waals surface area contributed by atoms with E-state index >= 15 is 0 Å². The zero-order valence-corrected chi connectivity index (χ0v) is 14.7. The van der Waals surface area contributed by atoms with Crippen molar-refractivity contribution in [2.45, 2.75) is 19.3 Å². The summed E-state index contributed by atoms with van der Waals surface area (Å²) in [5.41, 5.74) is 3.11. The van der Waals surface area contributed by atoms with Gasteiger partial charge in [0.15, 0.2) is 0 Å². The number of aromatic nitrogens is 3. The van der Waals surface area contributed by atoms with Crippen LogP contribution in [-0.2, 0) is 16.0 Å². The van der Waals surface area contributed by atoms with Gasteiger partial charge in [-0.2, -0.15) is 0 Å². The van der Waals surface area contributed by atoms with E-state index in [-0.39, 0.29) is 18.7 Å². The van der Waals surface area contributed by atoms with E-state index in [1.54, 1.807) is 4.68 Å². The minimum atomic E-state index is -0.874. The minimum absolute atomic E-state index is 0.0275. The Balaban J connectivity index is 1.82. The number of rotatable bonds is 8. The number of carboxylic acids is 1. The summed E-state index contributed by atoms with van der Waals surface area (Å²) in [6, 6.07) is 19.3. The zero-order valence-electron chi connectivity index (χ0n) is 14.7. The molecule has 0 radical (unpaired) electrons. The summed E-state index contributed by atoms with van der Waals surface area (Å²) >= 11 is 0. The molecule has 0 unspecified atom stereocenters. The number of hydrogen-bond donors (Lipinski definition) is 2. The lowest BCUT2D eigenvalue weighted by atomic mass is 10.1. The molecule has 138 valence electrons. The van der Waals surface area contributed by atoms with Crippen molar-refractivity contribution in [3.63, 3.8) is 0 Å². The molecule has 1 heterocycles. The first-order valence-corrected chi connectivity index (χ1v) is 8.69. The summed E-state index contributed by atoms with van der Waals surface area (Å²) < 4.78 is 1.72. The summed E-state index contributed by atoms with van der Waals surface area (Å²) in [5, 5.41) is 19.9. The third kappa shape index (κ3) is 4.78. The molecule has 0 atom stereocenters. The zero-order chi connectivity index (χ0) is 19.1. The lowest BCUT2D eigenvalue weighted by molar-refractivity contribution is -0.137. The maximum absolute atomic E-state index is 12.3. The van der Waals surface area contributed by atoms with E-state index in [1.165, 1.54) is 0 Å². The van der Waals surface area contributed by atoms with Crippen molar-refractivity contribution < 1.29 is 14.7 Å². The molecule has 0 fully saturated rings. The van der Waals surface area contributed by atoms with Crippen molar-refractivity contribution in [1.29, 1.82) is 0 Å². The highest BCUT2D eigenvalue weighted by atomic mass is 16.4. The van der Waals surface area contributed by atoms with Crippen LogP contribution >= 0.6 is 0 Å². The van der Waals surface area contributed by atoms with Crippen LogP contribution < -0.4 is 5.32 Å². The molecule has 1 amide bonds. The van der Waals surface area contributed by atoms with Gasteiger partial charge in [0.2, 0.25) is 5.91 Å². The number of para-hydroxylation sites is 1.